The fourth-order valence-electron chi connectivity index (χ4n) is 5.21. The number of amides is 4. The van der Waals surface area contributed by atoms with Crippen molar-refractivity contribution >= 4 is 41.2 Å². The maximum atomic E-state index is 13.5. The maximum absolute atomic E-state index is 13.5. The van der Waals surface area contributed by atoms with E-state index in [1.807, 2.05) is 16.7 Å². The Labute approximate surface area is 251 Å². The molecule has 41 heavy (non-hydrogen) atoms. The summed E-state index contributed by atoms with van der Waals surface area (Å²) in [6.07, 6.45) is 8.77. The largest absolute Gasteiger partial charge is 0.444 e. The number of urea groups is 1. The molecule has 0 unspecified atom stereocenters. The number of halogens is 2. The molecule has 2 aliphatic rings. The first kappa shape index (κ1) is 31.0. The van der Waals surface area contributed by atoms with Gasteiger partial charge in [0.15, 0.2) is 0 Å². The van der Waals surface area contributed by atoms with Crippen molar-refractivity contribution < 1.29 is 19.1 Å². The van der Waals surface area contributed by atoms with Crippen LogP contribution in [0.3, 0.4) is 0 Å². The van der Waals surface area contributed by atoms with Gasteiger partial charge in [-0.2, -0.15) is 0 Å². The molecule has 2 N–H and O–H groups in total. The molecule has 12 heteroatoms. The summed E-state index contributed by atoms with van der Waals surface area (Å²) in [5, 5.41) is 7.08. The molecule has 0 bridgehead atoms. The van der Waals surface area contributed by atoms with E-state index >= 15 is 0 Å². The van der Waals surface area contributed by atoms with Crippen molar-refractivity contribution in [3.05, 3.63) is 52.0 Å². The van der Waals surface area contributed by atoms with Crippen LogP contribution < -0.4 is 10.6 Å². The van der Waals surface area contributed by atoms with Crippen LogP contribution in [-0.2, 0) is 22.5 Å². The highest BCUT2D eigenvalue weighted by Gasteiger charge is 2.38. The van der Waals surface area contributed by atoms with Crippen molar-refractivity contribution in [3.8, 4) is 0 Å². The quantitative estimate of drug-likeness (QED) is 0.468. The van der Waals surface area contributed by atoms with E-state index in [1.54, 1.807) is 44.3 Å². The smallest absolute Gasteiger partial charge is 0.410 e. The van der Waals surface area contributed by atoms with E-state index in [0.29, 0.717) is 36.1 Å². The normalized spacial score (nSPS) is 18.2. The van der Waals surface area contributed by atoms with Crippen molar-refractivity contribution in [2.24, 2.45) is 0 Å². The number of piperazine rings is 1. The highest BCUT2D eigenvalue weighted by Crippen LogP contribution is 2.23. The van der Waals surface area contributed by atoms with Crippen LogP contribution in [0.5, 0.6) is 0 Å². The van der Waals surface area contributed by atoms with Gasteiger partial charge in [0.05, 0.1) is 22.9 Å². The van der Waals surface area contributed by atoms with Crippen molar-refractivity contribution in [2.75, 3.05) is 26.2 Å². The lowest BCUT2D eigenvalue weighted by Crippen LogP contribution is -2.64. The van der Waals surface area contributed by atoms with Crippen molar-refractivity contribution in [2.45, 2.75) is 83.5 Å². The lowest BCUT2D eigenvalue weighted by molar-refractivity contribution is -0.127. The first-order chi connectivity index (χ1) is 19.5. The van der Waals surface area contributed by atoms with Crippen molar-refractivity contribution in [1.82, 2.24) is 30.0 Å². The number of carbonyl (C=O) groups excluding carboxylic acids is 3. The molecule has 1 atom stereocenters. The molecular formula is C29H40Cl2N6O4. The molecular weight excluding hydrogens is 567 g/mol. The van der Waals surface area contributed by atoms with Gasteiger partial charge in [-0.25, -0.2) is 14.6 Å². The number of imidazole rings is 1. The van der Waals surface area contributed by atoms with E-state index in [-0.39, 0.29) is 31.1 Å². The predicted octanol–water partition coefficient (Wildman–Crippen LogP) is 4.86. The van der Waals surface area contributed by atoms with Crippen LogP contribution in [0.2, 0.25) is 10.0 Å². The summed E-state index contributed by atoms with van der Waals surface area (Å²) in [6.45, 7) is 6.90. The maximum Gasteiger partial charge on any atom is 0.410 e. The number of nitrogens with one attached hydrogen (secondary N) is 2. The van der Waals surface area contributed by atoms with Gasteiger partial charge in [-0.15, -0.1) is 0 Å². The number of aromatic nitrogens is 2. The number of hydrogen-bond donors (Lipinski definition) is 2. The summed E-state index contributed by atoms with van der Waals surface area (Å²) >= 11 is 12.2. The van der Waals surface area contributed by atoms with Crippen LogP contribution >= 0.6 is 23.2 Å². The second-order valence-electron chi connectivity index (χ2n) is 11.7. The van der Waals surface area contributed by atoms with E-state index in [9.17, 15) is 14.4 Å². The molecule has 2 fully saturated rings. The third kappa shape index (κ3) is 8.75. The molecule has 10 nitrogen and oxygen atoms in total. The van der Waals surface area contributed by atoms with Gasteiger partial charge in [0.2, 0.25) is 5.91 Å². The van der Waals surface area contributed by atoms with Crippen molar-refractivity contribution in [1.29, 1.82) is 0 Å². The summed E-state index contributed by atoms with van der Waals surface area (Å²) < 4.78 is 7.53. The van der Waals surface area contributed by atoms with E-state index in [1.165, 1.54) is 11.3 Å². The van der Waals surface area contributed by atoms with E-state index in [2.05, 4.69) is 15.6 Å². The molecule has 0 spiro atoms. The second kappa shape index (κ2) is 13.8. The Kier molecular flexibility index (Phi) is 10.4. The fraction of sp³-hybridized carbons (Fsp3) is 0.586. The molecule has 1 aromatic carbocycles. The second-order valence-corrected chi connectivity index (χ2v) is 12.5. The Bertz CT molecular complexity index is 1220. The third-order valence-corrected chi connectivity index (χ3v) is 8.08. The monoisotopic (exact) mass is 606 g/mol. The summed E-state index contributed by atoms with van der Waals surface area (Å²) in [5.74, 6) is -0.312. The number of carbonyl (C=O) groups is 3. The Hall–Kier alpha value is -2.98. The van der Waals surface area contributed by atoms with Gasteiger partial charge in [0, 0.05) is 50.5 Å². The number of hydrogen-bond acceptors (Lipinski definition) is 5. The van der Waals surface area contributed by atoms with Gasteiger partial charge in [0.1, 0.15) is 11.6 Å². The SMILES string of the molecule is CC(C)(C)OC(=O)N1CCN(C(=O)NC2CCCCC2)[C@@H](C(=O)NCCc2cncn2Cc2ccc(Cl)c(Cl)c2)C1. The highest BCUT2D eigenvalue weighted by molar-refractivity contribution is 6.42. The Morgan fingerprint density at radius 3 is 2.54 bits per heavy atom. The molecule has 2 heterocycles. The minimum atomic E-state index is -0.832. The van der Waals surface area contributed by atoms with Crippen LogP contribution in [0, 0.1) is 0 Å². The van der Waals surface area contributed by atoms with Crippen LogP contribution in [0.25, 0.3) is 0 Å². The average Bonchev–Trinajstić information content (AvgIpc) is 3.36. The summed E-state index contributed by atoms with van der Waals surface area (Å²) in [6, 6.07) is 4.51. The predicted molar refractivity (Wildman–Crippen MR) is 158 cm³/mol. The Morgan fingerprint density at radius 1 is 1.07 bits per heavy atom. The molecule has 224 valence electrons. The van der Waals surface area contributed by atoms with Gasteiger partial charge >= 0.3 is 12.1 Å². The van der Waals surface area contributed by atoms with Crippen LogP contribution in [0.1, 0.15) is 64.1 Å². The lowest BCUT2D eigenvalue weighted by Gasteiger charge is -2.41. The highest BCUT2D eigenvalue weighted by atomic mass is 35.5. The average molecular weight is 608 g/mol. The lowest BCUT2D eigenvalue weighted by atomic mass is 9.95. The molecule has 1 aliphatic heterocycles. The van der Waals surface area contributed by atoms with Crippen molar-refractivity contribution in [3.63, 3.8) is 0 Å². The van der Waals surface area contributed by atoms with Gasteiger partial charge in [-0.05, 0) is 51.3 Å². The first-order valence-corrected chi connectivity index (χ1v) is 15.0. The summed E-state index contributed by atoms with van der Waals surface area (Å²) in [5.41, 5.74) is 1.25. The number of ether oxygens (including phenoxy) is 1. The molecule has 1 saturated carbocycles. The zero-order valence-electron chi connectivity index (χ0n) is 24.0. The molecule has 4 rings (SSSR count). The molecule has 0 radical (unpaired) electrons. The minimum absolute atomic E-state index is 0.0636. The summed E-state index contributed by atoms with van der Waals surface area (Å²) in [4.78, 5) is 46.9. The zero-order valence-corrected chi connectivity index (χ0v) is 25.5. The van der Waals surface area contributed by atoms with Crippen LogP contribution in [-0.4, -0.2) is 81.2 Å². The molecule has 1 saturated heterocycles. The van der Waals surface area contributed by atoms with Gasteiger partial charge in [0.25, 0.3) is 0 Å². The van der Waals surface area contributed by atoms with Crippen LogP contribution in [0.15, 0.2) is 30.7 Å². The van der Waals surface area contributed by atoms with E-state index in [0.717, 1.165) is 36.9 Å². The number of rotatable bonds is 7. The van der Waals surface area contributed by atoms with Gasteiger partial charge < -0.3 is 29.7 Å². The fourth-order valence-corrected chi connectivity index (χ4v) is 5.53. The van der Waals surface area contributed by atoms with Gasteiger partial charge in [-0.3, -0.25) is 4.79 Å². The Morgan fingerprint density at radius 2 is 1.83 bits per heavy atom. The topological polar surface area (TPSA) is 109 Å². The minimum Gasteiger partial charge on any atom is -0.444 e. The summed E-state index contributed by atoms with van der Waals surface area (Å²) in [7, 11) is 0. The Balaban J connectivity index is 1.39. The molecule has 1 aliphatic carbocycles. The standard InChI is InChI=1S/C29H40Cl2N6O4/c1-29(2,3)41-28(40)35-13-14-37(27(39)34-21-7-5-4-6-8-21)25(18-35)26(38)33-12-11-22-16-32-19-36(22)17-20-9-10-23(30)24(31)15-20/h9-10,15-16,19,21,25H,4-8,11-14,17-18H2,1-3H3,(H,33,38)(H,34,39)/t25-/m1/s1. The van der Waals surface area contributed by atoms with E-state index < -0.39 is 17.7 Å². The molecule has 4 amide bonds. The van der Waals surface area contributed by atoms with E-state index in [4.69, 9.17) is 27.9 Å². The van der Waals surface area contributed by atoms with Gasteiger partial charge in [-0.1, -0.05) is 48.5 Å². The molecule has 2 aromatic rings. The van der Waals surface area contributed by atoms with Crippen LogP contribution in [0.4, 0.5) is 9.59 Å². The molecule has 1 aromatic heterocycles. The number of nitrogens with zero attached hydrogens (tertiary/aromatic N) is 4. The third-order valence-electron chi connectivity index (χ3n) is 7.34. The number of benzene rings is 1. The zero-order chi connectivity index (χ0) is 29.6. The first-order valence-electron chi connectivity index (χ1n) is 14.3.